The largest absolute Gasteiger partial charge is 0.356 e. The Hall–Kier alpha value is -2.27. The molecule has 0 spiro atoms. The fourth-order valence-corrected chi connectivity index (χ4v) is 2.54. The van der Waals surface area contributed by atoms with Crippen LogP contribution in [0.1, 0.15) is 17.0 Å². The molecule has 0 atom stereocenters. The molecule has 0 radical (unpaired) electrons. The van der Waals surface area contributed by atoms with Gasteiger partial charge in [0.05, 0.1) is 0 Å². The first-order valence-electron chi connectivity index (χ1n) is 6.64. The second-order valence-corrected chi connectivity index (χ2v) is 5.41. The lowest BCUT2D eigenvalue weighted by molar-refractivity contribution is 0.627. The number of nitrogens with zero attached hydrogens (tertiary/aromatic N) is 2. The fraction of sp³-hybridized carbons (Fsp3) is 0.125. The summed E-state index contributed by atoms with van der Waals surface area (Å²) >= 11 is 1.34. The molecule has 0 saturated carbocycles. The summed E-state index contributed by atoms with van der Waals surface area (Å²) in [6.45, 7) is 0.728. The third kappa shape index (κ3) is 3.86. The van der Waals surface area contributed by atoms with Crippen molar-refractivity contribution in [3.63, 3.8) is 0 Å². The van der Waals surface area contributed by atoms with Crippen LogP contribution in [0.25, 0.3) is 0 Å². The predicted molar refractivity (Wildman–Crippen MR) is 82.9 cm³/mol. The maximum atomic E-state index is 12.9. The van der Waals surface area contributed by atoms with Crippen molar-refractivity contribution >= 4 is 16.7 Å². The summed E-state index contributed by atoms with van der Waals surface area (Å²) in [7, 11) is 0. The lowest BCUT2D eigenvalue weighted by Crippen LogP contribution is -1.99. The van der Waals surface area contributed by atoms with Gasteiger partial charge in [-0.3, -0.25) is 0 Å². The molecule has 0 saturated heterocycles. The Morgan fingerprint density at radius 1 is 0.952 bits per heavy atom. The van der Waals surface area contributed by atoms with Gasteiger partial charge in [-0.15, -0.1) is 0 Å². The van der Waals surface area contributed by atoms with Gasteiger partial charge in [-0.25, -0.2) is 9.37 Å². The third-order valence-electron chi connectivity index (χ3n) is 3.03. The number of benzene rings is 2. The van der Waals surface area contributed by atoms with Crippen LogP contribution in [0.3, 0.4) is 0 Å². The van der Waals surface area contributed by atoms with E-state index in [-0.39, 0.29) is 5.82 Å². The topological polar surface area (TPSA) is 37.8 Å². The van der Waals surface area contributed by atoms with Gasteiger partial charge < -0.3 is 5.32 Å². The Morgan fingerprint density at radius 2 is 1.71 bits per heavy atom. The van der Waals surface area contributed by atoms with Crippen molar-refractivity contribution in [2.24, 2.45) is 0 Å². The van der Waals surface area contributed by atoms with Crippen molar-refractivity contribution in [2.75, 3.05) is 5.32 Å². The minimum absolute atomic E-state index is 0.227. The number of anilines is 1. The average Bonchev–Trinajstić information content (AvgIpc) is 2.96. The molecule has 0 aliphatic carbocycles. The zero-order chi connectivity index (χ0) is 14.5. The van der Waals surface area contributed by atoms with Crippen LogP contribution in [-0.2, 0) is 13.0 Å². The van der Waals surface area contributed by atoms with Gasteiger partial charge in [0.1, 0.15) is 11.6 Å². The van der Waals surface area contributed by atoms with E-state index in [4.69, 9.17) is 0 Å². The molecule has 0 unspecified atom stereocenters. The lowest BCUT2D eigenvalue weighted by atomic mass is 10.1. The lowest BCUT2D eigenvalue weighted by Gasteiger charge is -2.01. The van der Waals surface area contributed by atoms with Crippen LogP contribution in [0.15, 0.2) is 54.6 Å². The number of hydrogen-bond acceptors (Lipinski definition) is 4. The summed E-state index contributed by atoms with van der Waals surface area (Å²) in [5, 5.41) is 4.06. The van der Waals surface area contributed by atoms with Crippen LogP contribution in [-0.4, -0.2) is 9.36 Å². The minimum Gasteiger partial charge on any atom is -0.356 e. The van der Waals surface area contributed by atoms with E-state index in [1.54, 1.807) is 12.1 Å². The van der Waals surface area contributed by atoms with E-state index in [1.165, 1.54) is 29.2 Å². The number of hydrogen-bond donors (Lipinski definition) is 1. The second-order valence-electron chi connectivity index (χ2n) is 4.66. The molecule has 1 aromatic heterocycles. The van der Waals surface area contributed by atoms with Gasteiger partial charge >= 0.3 is 0 Å². The van der Waals surface area contributed by atoms with Crippen molar-refractivity contribution < 1.29 is 4.39 Å². The molecule has 3 nitrogen and oxygen atoms in total. The van der Waals surface area contributed by atoms with E-state index >= 15 is 0 Å². The Labute approximate surface area is 126 Å². The number of nitrogens with one attached hydrogen (secondary N) is 1. The molecule has 5 heteroatoms. The van der Waals surface area contributed by atoms with Crippen LogP contribution in [0.2, 0.25) is 0 Å². The van der Waals surface area contributed by atoms with E-state index in [2.05, 4.69) is 26.8 Å². The molecule has 0 amide bonds. The van der Waals surface area contributed by atoms with Gasteiger partial charge in [0, 0.05) is 24.5 Å². The smallest absolute Gasteiger partial charge is 0.202 e. The SMILES string of the molecule is Fc1ccc(Cc2nsc(NCc3ccccc3)n2)cc1. The zero-order valence-electron chi connectivity index (χ0n) is 11.3. The van der Waals surface area contributed by atoms with E-state index in [0.29, 0.717) is 6.42 Å². The van der Waals surface area contributed by atoms with Gasteiger partial charge in [-0.2, -0.15) is 4.37 Å². The molecule has 3 aromatic rings. The first-order valence-corrected chi connectivity index (χ1v) is 7.42. The van der Waals surface area contributed by atoms with Crippen LogP contribution in [0.5, 0.6) is 0 Å². The highest BCUT2D eigenvalue weighted by Crippen LogP contribution is 2.15. The second kappa shape index (κ2) is 6.45. The van der Waals surface area contributed by atoms with Crippen molar-refractivity contribution in [2.45, 2.75) is 13.0 Å². The van der Waals surface area contributed by atoms with E-state index in [1.807, 2.05) is 18.2 Å². The first kappa shape index (κ1) is 13.7. The highest BCUT2D eigenvalue weighted by Gasteiger charge is 2.05. The van der Waals surface area contributed by atoms with Crippen molar-refractivity contribution in [1.29, 1.82) is 0 Å². The van der Waals surface area contributed by atoms with Crippen LogP contribution in [0.4, 0.5) is 9.52 Å². The molecule has 1 heterocycles. The van der Waals surface area contributed by atoms with Crippen LogP contribution >= 0.6 is 11.5 Å². The summed E-state index contributed by atoms with van der Waals surface area (Å²) in [5.74, 6) is 0.525. The number of aromatic nitrogens is 2. The Kier molecular flexibility index (Phi) is 4.21. The zero-order valence-corrected chi connectivity index (χ0v) is 12.1. The molecular formula is C16H14FN3S. The maximum Gasteiger partial charge on any atom is 0.202 e. The third-order valence-corrected chi connectivity index (χ3v) is 3.74. The first-order chi connectivity index (χ1) is 10.3. The summed E-state index contributed by atoms with van der Waals surface area (Å²) in [4.78, 5) is 4.45. The molecule has 0 aliphatic rings. The van der Waals surface area contributed by atoms with E-state index in [9.17, 15) is 4.39 Å². The summed E-state index contributed by atoms with van der Waals surface area (Å²) in [6.07, 6.45) is 0.615. The molecule has 0 bridgehead atoms. The minimum atomic E-state index is -0.227. The Balaban J connectivity index is 1.59. The van der Waals surface area contributed by atoms with Crippen molar-refractivity contribution in [3.8, 4) is 0 Å². The van der Waals surface area contributed by atoms with Crippen molar-refractivity contribution in [1.82, 2.24) is 9.36 Å². The average molecular weight is 299 g/mol. The van der Waals surface area contributed by atoms with Gasteiger partial charge in [0.15, 0.2) is 0 Å². The molecule has 2 aromatic carbocycles. The predicted octanol–water partition coefficient (Wildman–Crippen LogP) is 3.88. The highest BCUT2D eigenvalue weighted by molar-refractivity contribution is 7.09. The molecule has 1 N–H and O–H groups in total. The molecule has 0 aliphatic heterocycles. The summed E-state index contributed by atoms with van der Waals surface area (Å²) in [6, 6.07) is 16.6. The van der Waals surface area contributed by atoms with Gasteiger partial charge in [-0.05, 0) is 23.3 Å². The quantitative estimate of drug-likeness (QED) is 0.777. The van der Waals surface area contributed by atoms with Gasteiger partial charge in [0.2, 0.25) is 5.13 Å². The molecule has 106 valence electrons. The molecular weight excluding hydrogens is 285 g/mol. The van der Waals surface area contributed by atoms with E-state index < -0.39 is 0 Å². The Morgan fingerprint density at radius 3 is 2.48 bits per heavy atom. The molecule has 21 heavy (non-hydrogen) atoms. The van der Waals surface area contributed by atoms with Crippen molar-refractivity contribution in [3.05, 3.63) is 77.4 Å². The Bertz CT molecular complexity index is 695. The van der Waals surface area contributed by atoms with Crippen LogP contribution in [0, 0.1) is 5.82 Å². The molecule has 3 rings (SSSR count). The summed E-state index contributed by atoms with van der Waals surface area (Å²) in [5.41, 5.74) is 2.21. The highest BCUT2D eigenvalue weighted by atomic mass is 32.1. The number of halogens is 1. The number of rotatable bonds is 5. The fourth-order valence-electron chi connectivity index (χ4n) is 1.96. The molecule has 0 fully saturated rings. The van der Waals surface area contributed by atoms with Gasteiger partial charge in [0.25, 0.3) is 0 Å². The normalized spacial score (nSPS) is 10.5. The van der Waals surface area contributed by atoms with Crippen LogP contribution < -0.4 is 5.32 Å². The van der Waals surface area contributed by atoms with E-state index in [0.717, 1.165) is 23.1 Å². The monoisotopic (exact) mass is 299 g/mol. The summed E-state index contributed by atoms with van der Waals surface area (Å²) < 4.78 is 17.2. The standard InChI is InChI=1S/C16H14FN3S/c17-14-8-6-12(7-9-14)10-15-19-16(21-20-15)18-11-13-4-2-1-3-5-13/h1-9H,10-11H2,(H,18,19,20). The maximum absolute atomic E-state index is 12.9. The van der Waals surface area contributed by atoms with Gasteiger partial charge in [-0.1, -0.05) is 42.5 Å².